The fourth-order valence-electron chi connectivity index (χ4n) is 2.75. The molecule has 2 heterocycles. The molecule has 1 atom stereocenters. The Hall–Kier alpha value is -1.54. The van der Waals surface area contributed by atoms with Gasteiger partial charge in [-0.3, -0.25) is 9.58 Å². The number of anilines is 1. The van der Waals surface area contributed by atoms with Crippen LogP contribution in [0.2, 0.25) is 0 Å². The van der Waals surface area contributed by atoms with Crippen molar-refractivity contribution in [2.45, 2.75) is 32.7 Å². The van der Waals surface area contributed by atoms with Gasteiger partial charge in [-0.15, -0.1) is 0 Å². The molecule has 1 N–H and O–H groups in total. The third-order valence-electron chi connectivity index (χ3n) is 3.74. The van der Waals surface area contributed by atoms with E-state index in [0.29, 0.717) is 11.6 Å². The Balaban J connectivity index is 2.04. The first-order valence-electron chi connectivity index (χ1n) is 6.59. The zero-order valence-electron chi connectivity index (χ0n) is 11.4. The third-order valence-corrected chi connectivity index (χ3v) is 3.74. The Labute approximate surface area is 108 Å². The van der Waals surface area contributed by atoms with E-state index in [0.717, 1.165) is 24.6 Å². The van der Waals surface area contributed by atoms with Gasteiger partial charge in [0.2, 0.25) is 0 Å². The van der Waals surface area contributed by atoms with Crippen LogP contribution in [-0.4, -0.2) is 40.4 Å². The minimum atomic E-state index is 0.580. The maximum Gasteiger partial charge on any atom is 0.142 e. The number of aromatic nitrogens is 2. The lowest BCUT2D eigenvalue weighted by Gasteiger charge is -2.23. The molecule has 0 radical (unpaired) electrons. The molecule has 5 nitrogen and oxygen atoms in total. The minimum Gasteiger partial charge on any atom is -0.368 e. The van der Waals surface area contributed by atoms with Crippen molar-refractivity contribution in [2.24, 2.45) is 7.05 Å². The summed E-state index contributed by atoms with van der Waals surface area (Å²) in [5.41, 5.74) is 1.46. The van der Waals surface area contributed by atoms with Gasteiger partial charge in [0.05, 0.1) is 5.69 Å². The molecule has 98 valence electrons. The van der Waals surface area contributed by atoms with Crippen LogP contribution in [0.25, 0.3) is 0 Å². The number of hydrogen-bond acceptors (Lipinski definition) is 4. The first kappa shape index (κ1) is 12.9. The van der Waals surface area contributed by atoms with Crippen molar-refractivity contribution >= 4 is 5.82 Å². The molecular formula is C13H21N5. The summed E-state index contributed by atoms with van der Waals surface area (Å²) < 4.78 is 1.76. The van der Waals surface area contributed by atoms with E-state index in [1.807, 2.05) is 14.0 Å². The van der Waals surface area contributed by atoms with Gasteiger partial charge < -0.3 is 5.32 Å². The molecule has 1 fully saturated rings. The number of likely N-dealkylation sites (tertiary alicyclic amines) is 1. The lowest BCUT2D eigenvalue weighted by atomic mass is 10.2. The van der Waals surface area contributed by atoms with E-state index in [4.69, 9.17) is 5.26 Å². The summed E-state index contributed by atoms with van der Waals surface area (Å²) in [5.74, 6) is 0.845. The van der Waals surface area contributed by atoms with Crippen LogP contribution in [0.1, 0.15) is 31.0 Å². The summed E-state index contributed by atoms with van der Waals surface area (Å²) in [6.07, 6.45) is 2.51. The summed E-state index contributed by atoms with van der Waals surface area (Å²) in [7, 11) is 1.88. The molecule has 1 aliphatic rings. The van der Waals surface area contributed by atoms with Crippen molar-refractivity contribution in [3.8, 4) is 6.07 Å². The van der Waals surface area contributed by atoms with E-state index in [1.165, 1.54) is 19.4 Å². The van der Waals surface area contributed by atoms with E-state index in [9.17, 15) is 0 Å². The summed E-state index contributed by atoms with van der Waals surface area (Å²) >= 11 is 0. The molecule has 18 heavy (non-hydrogen) atoms. The largest absolute Gasteiger partial charge is 0.368 e. The molecule has 0 aliphatic carbocycles. The van der Waals surface area contributed by atoms with Gasteiger partial charge in [0.1, 0.15) is 17.5 Å². The summed E-state index contributed by atoms with van der Waals surface area (Å²) in [4.78, 5) is 2.49. The van der Waals surface area contributed by atoms with Crippen LogP contribution in [-0.2, 0) is 7.05 Å². The highest BCUT2D eigenvalue weighted by atomic mass is 15.3. The molecule has 1 aliphatic heterocycles. The summed E-state index contributed by atoms with van der Waals surface area (Å²) in [5, 5.41) is 16.8. The number of aryl methyl sites for hydroxylation is 2. The van der Waals surface area contributed by atoms with Gasteiger partial charge in [-0.05, 0) is 32.9 Å². The lowest BCUT2D eigenvalue weighted by Crippen LogP contribution is -2.35. The van der Waals surface area contributed by atoms with Crippen LogP contribution in [0.4, 0.5) is 5.82 Å². The van der Waals surface area contributed by atoms with Crippen LogP contribution in [0.15, 0.2) is 0 Å². The normalized spacial score (nSPS) is 20.0. The van der Waals surface area contributed by atoms with Crippen LogP contribution in [0.5, 0.6) is 0 Å². The lowest BCUT2D eigenvalue weighted by molar-refractivity contribution is 0.276. The van der Waals surface area contributed by atoms with Crippen molar-refractivity contribution in [3.05, 3.63) is 11.3 Å². The number of nitriles is 1. The van der Waals surface area contributed by atoms with E-state index in [2.05, 4.69) is 28.3 Å². The van der Waals surface area contributed by atoms with Gasteiger partial charge in [0.25, 0.3) is 0 Å². The monoisotopic (exact) mass is 247 g/mol. The van der Waals surface area contributed by atoms with Gasteiger partial charge >= 0.3 is 0 Å². The molecule has 0 amide bonds. The van der Waals surface area contributed by atoms with Crippen molar-refractivity contribution in [1.82, 2.24) is 14.7 Å². The number of hydrogen-bond donors (Lipinski definition) is 1. The predicted molar refractivity (Wildman–Crippen MR) is 71.4 cm³/mol. The van der Waals surface area contributed by atoms with Crippen molar-refractivity contribution in [1.29, 1.82) is 5.26 Å². The van der Waals surface area contributed by atoms with E-state index in [1.54, 1.807) is 4.68 Å². The first-order chi connectivity index (χ1) is 8.67. The third kappa shape index (κ3) is 2.34. The molecule has 0 bridgehead atoms. The highest BCUT2D eigenvalue weighted by molar-refractivity contribution is 5.55. The van der Waals surface area contributed by atoms with Crippen molar-refractivity contribution in [2.75, 3.05) is 25.0 Å². The standard InChI is InChI=1S/C13H21N5/c1-4-18-7-5-6-11(18)9-15-13-12(8-14)10(2)16-17(13)3/h11,15H,4-7,9H2,1-3H3. The maximum absolute atomic E-state index is 9.15. The van der Waals surface area contributed by atoms with Gasteiger partial charge in [-0.25, -0.2) is 0 Å². The van der Waals surface area contributed by atoms with Crippen LogP contribution >= 0.6 is 0 Å². The minimum absolute atomic E-state index is 0.580. The molecule has 0 saturated carbocycles. The maximum atomic E-state index is 9.15. The van der Waals surface area contributed by atoms with E-state index >= 15 is 0 Å². The highest BCUT2D eigenvalue weighted by Crippen LogP contribution is 2.20. The fourth-order valence-corrected chi connectivity index (χ4v) is 2.75. The predicted octanol–water partition coefficient (Wildman–Crippen LogP) is 1.50. The Morgan fingerprint density at radius 3 is 3.00 bits per heavy atom. The second-order valence-electron chi connectivity index (χ2n) is 4.85. The number of likely N-dealkylation sites (N-methyl/N-ethyl adjacent to an activating group) is 1. The molecule has 1 saturated heterocycles. The molecule has 0 aromatic carbocycles. The van der Waals surface area contributed by atoms with Gasteiger partial charge in [0.15, 0.2) is 0 Å². The smallest absolute Gasteiger partial charge is 0.142 e. The number of nitrogens with zero attached hydrogens (tertiary/aromatic N) is 4. The van der Waals surface area contributed by atoms with Crippen LogP contribution < -0.4 is 5.32 Å². The Morgan fingerprint density at radius 1 is 1.56 bits per heavy atom. The zero-order valence-corrected chi connectivity index (χ0v) is 11.4. The van der Waals surface area contributed by atoms with Gasteiger partial charge in [0, 0.05) is 19.6 Å². The zero-order chi connectivity index (χ0) is 13.1. The van der Waals surface area contributed by atoms with Crippen LogP contribution in [0, 0.1) is 18.3 Å². The van der Waals surface area contributed by atoms with Crippen molar-refractivity contribution in [3.63, 3.8) is 0 Å². The van der Waals surface area contributed by atoms with E-state index < -0.39 is 0 Å². The second kappa shape index (κ2) is 5.40. The fraction of sp³-hybridized carbons (Fsp3) is 0.692. The number of nitrogens with one attached hydrogen (secondary N) is 1. The SMILES string of the molecule is CCN1CCCC1CNc1c(C#N)c(C)nn1C. The summed E-state index contributed by atoms with van der Waals surface area (Å²) in [6.45, 7) is 7.26. The molecule has 5 heteroatoms. The first-order valence-corrected chi connectivity index (χ1v) is 6.59. The average Bonchev–Trinajstić information content (AvgIpc) is 2.90. The van der Waals surface area contributed by atoms with Gasteiger partial charge in [-0.2, -0.15) is 10.4 Å². The topological polar surface area (TPSA) is 56.9 Å². The Kier molecular flexibility index (Phi) is 3.87. The van der Waals surface area contributed by atoms with Gasteiger partial charge in [-0.1, -0.05) is 6.92 Å². The average molecular weight is 247 g/mol. The second-order valence-corrected chi connectivity index (χ2v) is 4.85. The van der Waals surface area contributed by atoms with E-state index in [-0.39, 0.29) is 0 Å². The Morgan fingerprint density at radius 2 is 2.33 bits per heavy atom. The van der Waals surface area contributed by atoms with Crippen molar-refractivity contribution < 1.29 is 0 Å². The molecule has 1 aromatic rings. The molecule has 2 rings (SSSR count). The quantitative estimate of drug-likeness (QED) is 0.876. The molecule has 1 aromatic heterocycles. The highest BCUT2D eigenvalue weighted by Gasteiger charge is 2.23. The molecule has 1 unspecified atom stereocenters. The number of rotatable bonds is 4. The summed E-state index contributed by atoms with van der Waals surface area (Å²) in [6, 6.07) is 2.81. The molecular weight excluding hydrogens is 226 g/mol. The van der Waals surface area contributed by atoms with Crippen LogP contribution in [0.3, 0.4) is 0 Å². The Bertz CT molecular complexity index is 457. The molecule has 0 spiro atoms.